The van der Waals surface area contributed by atoms with E-state index in [1.165, 1.54) is 5.57 Å². The van der Waals surface area contributed by atoms with Crippen molar-refractivity contribution in [1.82, 2.24) is 0 Å². The second-order valence-corrected chi connectivity index (χ2v) is 6.34. The number of benzene rings is 1. The van der Waals surface area contributed by atoms with Gasteiger partial charge in [-0.1, -0.05) is 11.6 Å². The summed E-state index contributed by atoms with van der Waals surface area (Å²) in [5.41, 5.74) is 8.42. The molecular weight excluding hydrogens is 238 g/mol. The van der Waals surface area contributed by atoms with Crippen molar-refractivity contribution in [3.05, 3.63) is 29.3 Å². The molecule has 2 unspecified atom stereocenters. The van der Waals surface area contributed by atoms with Crippen molar-refractivity contribution in [3.8, 4) is 11.5 Å². The SMILES string of the molecule is CC1=CC2c3c(O)cc(N)cc3OC(C)(C)C2CC1. The highest BCUT2D eigenvalue weighted by Gasteiger charge is 2.45. The second-order valence-electron chi connectivity index (χ2n) is 6.34. The van der Waals surface area contributed by atoms with Gasteiger partial charge in [0.2, 0.25) is 0 Å². The van der Waals surface area contributed by atoms with Crippen LogP contribution in [0.5, 0.6) is 11.5 Å². The smallest absolute Gasteiger partial charge is 0.129 e. The van der Waals surface area contributed by atoms with E-state index in [2.05, 4.69) is 26.8 Å². The summed E-state index contributed by atoms with van der Waals surface area (Å²) in [6.45, 7) is 6.41. The third-order valence-electron chi connectivity index (χ3n) is 4.49. The summed E-state index contributed by atoms with van der Waals surface area (Å²) in [5.74, 6) is 1.62. The van der Waals surface area contributed by atoms with Crippen molar-refractivity contribution in [1.29, 1.82) is 0 Å². The highest BCUT2D eigenvalue weighted by molar-refractivity contribution is 5.59. The van der Waals surface area contributed by atoms with Crippen molar-refractivity contribution in [2.75, 3.05) is 5.73 Å². The molecule has 0 aromatic heterocycles. The summed E-state index contributed by atoms with van der Waals surface area (Å²) in [4.78, 5) is 0. The molecule has 102 valence electrons. The molecule has 0 spiro atoms. The quantitative estimate of drug-likeness (QED) is 0.553. The van der Waals surface area contributed by atoms with Crippen LogP contribution in [0.4, 0.5) is 5.69 Å². The Bertz CT molecular complexity index is 560. The number of hydrogen-bond acceptors (Lipinski definition) is 3. The zero-order valence-electron chi connectivity index (χ0n) is 11.7. The lowest BCUT2D eigenvalue weighted by Gasteiger charge is -2.46. The van der Waals surface area contributed by atoms with Crippen LogP contribution in [0.2, 0.25) is 0 Å². The topological polar surface area (TPSA) is 55.5 Å². The van der Waals surface area contributed by atoms with Crippen LogP contribution in [-0.4, -0.2) is 10.7 Å². The molecule has 1 aliphatic heterocycles. The van der Waals surface area contributed by atoms with Crippen LogP contribution >= 0.6 is 0 Å². The molecule has 0 saturated carbocycles. The lowest BCUT2D eigenvalue weighted by molar-refractivity contribution is 0.0109. The van der Waals surface area contributed by atoms with Gasteiger partial charge in [0.05, 0.1) is 0 Å². The van der Waals surface area contributed by atoms with Crippen LogP contribution < -0.4 is 10.5 Å². The van der Waals surface area contributed by atoms with Crippen LogP contribution in [0.25, 0.3) is 0 Å². The zero-order valence-corrected chi connectivity index (χ0v) is 11.7. The Kier molecular flexibility index (Phi) is 2.56. The van der Waals surface area contributed by atoms with E-state index in [0.29, 0.717) is 11.6 Å². The van der Waals surface area contributed by atoms with Gasteiger partial charge in [0, 0.05) is 35.2 Å². The summed E-state index contributed by atoms with van der Waals surface area (Å²) >= 11 is 0. The molecule has 2 atom stereocenters. The van der Waals surface area contributed by atoms with Crippen molar-refractivity contribution in [3.63, 3.8) is 0 Å². The lowest BCUT2D eigenvalue weighted by Crippen LogP contribution is -2.45. The van der Waals surface area contributed by atoms with E-state index < -0.39 is 0 Å². The van der Waals surface area contributed by atoms with Crippen LogP contribution in [0.15, 0.2) is 23.8 Å². The first-order chi connectivity index (χ1) is 8.88. The summed E-state index contributed by atoms with van der Waals surface area (Å²) in [5, 5.41) is 10.2. The molecule has 1 aromatic rings. The Balaban J connectivity index is 2.21. The molecule has 0 fully saturated rings. The molecule has 1 aromatic carbocycles. The van der Waals surface area contributed by atoms with Gasteiger partial charge in [-0.3, -0.25) is 0 Å². The molecule has 0 saturated heterocycles. The average molecular weight is 259 g/mol. The minimum atomic E-state index is -0.227. The molecule has 0 radical (unpaired) electrons. The number of phenols is 1. The van der Waals surface area contributed by atoms with Crippen molar-refractivity contribution in [2.24, 2.45) is 5.92 Å². The molecule has 3 heteroatoms. The van der Waals surface area contributed by atoms with Crippen molar-refractivity contribution in [2.45, 2.75) is 45.1 Å². The van der Waals surface area contributed by atoms with Crippen LogP contribution in [-0.2, 0) is 0 Å². The van der Waals surface area contributed by atoms with E-state index in [-0.39, 0.29) is 17.3 Å². The van der Waals surface area contributed by atoms with E-state index in [1.54, 1.807) is 6.07 Å². The second kappa shape index (κ2) is 3.92. The maximum absolute atomic E-state index is 10.2. The number of phenolic OH excluding ortho intramolecular Hbond substituents is 1. The third-order valence-corrected chi connectivity index (χ3v) is 4.49. The number of rotatable bonds is 0. The monoisotopic (exact) mass is 259 g/mol. The number of hydrogen-bond donors (Lipinski definition) is 2. The molecule has 3 rings (SSSR count). The van der Waals surface area contributed by atoms with E-state index in [4.69, 9.17) is 10.5 Å². The first-order valence-electron chi connectivity index (χ1n) is 6.87. The first kappa shape index (κ1) is 12.4. The van der Waals surface area contributed by atoms with E-state index >= 15 is 0 Å². The number of aromatic hydroxyl groups is 1. The van der Waals surface area contributed by atoms with Crippen molar-refractivity contribution < 1.29 is 9.84 Å². The molecule has 0 amide bonds. The molecule has 0 bridgehead atoms. The van der Waals surface area contributed by atoms with Gasteiger partial charge in [-0.15, -0.1) is 0 Å². The molecule has 1 heterocycles. The summed E-state index contributed by atoms with van der Waals surface area (Å²) in [7, 11) is 0. The predicted octanol–water partition coefficient (Wildman–Crippen LogP) is 3.59. The van der Waals surface area contributed by atoms with Gasteiger partial charge in [0.25, 0.3) is 0 Å². The van der Waals surface area contributed by atoms with E-state index in [0.717, 1.165) is 24.2 Å². The van der Waals surface area contributed by atoms with Gasteiger partial charge in [-0.05, 0) is 33.6 Å². The molecule has 3 nitrogen and oxygen atoms in total. The number of nitrogen functional groups attached to an aromatic ring is 1. The maximum atomic E-state index is 10.2. The molecular formula is C16H21NO2. The first-order valence-corrected chi connectivity index (χ1v) is 6.87. The predicted molar refractivity (Wildman–Crippen MR) is 76.4 cm³/mol. The standard InChI is InChI=1S/C16H21NO2/c1-9-4-5-12-11(6-9)15-13(18)7-10(17)8-14(15)19-16(12,2)3/h6-8,11-12,18H,4-5,17H2,1-3H3. The zero-order chi connectivity index (χ0) is 13.8. The largest absolute Gasteiger partial charge is 0.507 e. The van der Waals surface area contributed by atoms with Gasteiger partial charge < -0.3 is 15.6 Å². The Morgan fingerprint density at radius 3 is 2.84 bits per heavy atom. The minimum Gasteiger partial charge on any atom is -0.507 e. The Hall–Kier alpha value is -1.64. The molecule has 2 aliphatic rings. The summed E-state index contributed by atoms with van der Waals surface area (Å²) < 4.78 is 6.12. The number of allylic oxidation sites excluding steroid dienone is 2. The Morgan fingerprint density at radius 1 is 1.37 bits per heavy atom. The lowest BCUT2D eigenvalue weighted by atomic mass is 9.68. The van der Waals surface area contributed by atoms with Crippen LogP contribution in [0.3, 0.4) is 0 Å². The highest BCUT2D eigenvalue weighted by Crippen LogP contribution is 2.53. The highest BCUT2D eigenvalue weighted by atomic mass is 16.5. The fraction of sp³-hybridized carbons (Fsp3) is 0.500. The normalized spacial score (nSPS) is 27.8. The van der Waals surface area contributed by atoms with Crippen LogP contribution in [0.1, 0.15) is 45.1 Å². The minimum absolute atomic E-state index is 0.227. The Labute approximate surface area is 114 Å². The number of fused-ring (bicyclic) bond motifs is 3. The van der Waals surface area contributed by atoms with Gasteiger partial charge in [-0.25, -0.2) is 0 Å². The average Bonchev–Trinajstić information content (AvgIpc) is 2.25. The Morgan fingerprint density at radius 2 is 2.11 bits per heavy atom. The van der Waals surface area contributed by atoms with E-state index in [1.807, 2.05) is 6.07 Å². The fourth-order valence-electron chi connectivity index (χ4n) is 3.54. The number of nitrogens with two attached hydrogens (primary N) is 1. The maximum Gasteiger partial charge on any atom is 0.129 e. The summed E-state index contributed by atoms with van der Waals surface area (Å²) in [6.07, 6.45) is 4.50. The molecule has 1 aliphatic carbocycles. The van der Waals surface area contributed by atoms with Gasteiger partial charge in [0.1, 0.15) is 17.1 Å². The van der Waals surface area contributed by atoms with Gasteiger partial charge >= 0.3 is 0 Å². The fourth-order valence-corrected chi connectivity index (χ4v) is 3.54. The van der Waals surface area contributed by atoms with Gasteiger partial charge in [-0.2, -0.15) is 0 Å². The molecule has 3 N–H and O–H groups in total. The van der Waals surface area contributed by atoms with Gasteiger partial charge in [0.15, 0.2) is 0 Å². The van der Waals surface area contributed by atoms with Crippen LogP contribution in [0, 0.1) is 5.92 Å². The number of anilines is 1. The molecule has 19 heavy (non-hydrogen) atoms. The summed E-state index contributed by atoms with van der Waals surface area (Å²) in [6, 6.07) is 3.44. The van der Waals surface area contributed by atoms with Crippen molar-refractivity contribution >= 4 is 5.69 Å². The number of ether oxygens (including phenoxy) is 1. The van der Waals surface area contributed by atoms with E-state index in [9.17, 15) is 5.11 Å². The third kappa shape index (κ3) is 1.88.